The third-order valence-corrected chi connectivity index (χ3v) is 2.99. The van der Waals surface area contributed by atoms with Gasteiger partial charge < -0.3 is 15.0 Å². The molecule has 0 saturated carbocycles. The highest BCUT2D eigenvalue weighted by Crippen LogP contribution is 2.15. The summed E-state index contributed by atoms with van der Waals surface area (Å²) < 4.78 is 10.6. The number of ether oxygens (including phenoxy) is 1. The highest BCUT2D eigenvalue weighted by molar-refractivity contribution is 5.04. The van der Waals surface area contributed by atoms with Crippen molar-refractivity contribution in [1.29, 1.82) is 0 Å². The molecule has 2 heterocycles. The lowest BCUT2D eigenvalue weighted by atomic mass is 10.1. The van der Waals surface area contributed by atoms with Crippen LogP contribution in [0.3, 0.4) is 0 Å². The van der Waals surface area contributed by atoms with Gasteiger partial charge in [0.05, 0.1) is 18.3 Å². The van der Waals surface area contributed by atoms with Crippen molar-refractivity contribution in [1.82, 2.24) is 10.1 Å². The minimum Gasteiger partial charge on any atom is -0.380 e. The highest BCUT2D eigenvalue weighted by Gasteiger charge is 2.20. The lowest BCUT2D eigenvalue weighted by Crippen LogP contribution is -2.38. The van der Waals surface area contributed by atoms with Gasteiger partial charge in [0.25, 0.3) is 0 Å². The van der Waals surface area contributed by atoms with Gasteiger partial charge in [0.1, 0.15) is 0 Å². The number of rotatable bonds is 4. The van der Waals surface area contributed by atoms with Gasteiger partial charge in [0.2, 0.25) is 0 Å². The van der Waals surface area contributed by atoms with Gasteiger partial charge in [-0.25, -0.2) is 0 Å². The van der Waals surface area contributed by atoms with Crippen molar-refractivity contribution in [2.75, 3.05) is 20.2 Å². The van der Waals surface area contributed by atoms with E-state index in [4.69, 9.17) is 15.0 Å². The van der Waals surface area contributed by atoms with Crippen LogP contribution >= 0.6 is 0 Å². The molecule has 0 bridgehead atoms. The molecule has 90 valence electrons. The molecule has 5 nitrogen and oxygen atoms in total. The Morgan fingerprint density at radius 2 is 2.56 bits per heavy atom. The molecular formula is C11H19N3O2. The van der Waals surface area contributed by atoms with Crippen LogP contribution in [0.2, 0.25) is 0 Å². The fraction of sp³-hybridized carbons (Fsp3) is 0.727. The first kappa shape index (κ1) is 11.6. The number of nitrogens with two attached hydrogens (primary N) is 1. The van der Waals surface area contributed by atoms with Crippen LogP contribution in [-0.2, 0) is 17.8 Å². The number of likely N-dealkylation sites (tertiary alicyclic amines) is 1. The van der Waals surface area contributed by atoms with Crippen LogP contribution < -0.4 is 5.73 Å². The van der Waals surface area contributed by atoms with Crippen molar-refractivity contribution in [2.24, 2.45) is 5.73 Å². The number of hydrogen-bond donors (Lipinski definition) is 1. The van der Waals surface area contributed by atoms with E-state index in [1.54, 1.807) is 7.11 Å². The van der Waals surface area contributed by atoms with E-state index in [1.807, 2.05) is 6.07 Å². The summed E-state index contributed by atoms with van der Waals surface area (Å²) >= 11 is 0. The van der Waals surface area contributed by atoms with Gasteiger partial charge in [-0.2, -0.15) is 0 Å². The second-order valence-corrected chi connectivity index (χ2v) is 4.22. The van der Waals surface area contributed by atoms with Gasteiger partial charge in [-0.05, 0) is 19.4 Å². The van der Waals surface area contributed by atoms with Crippen LogP contribution in [0, 0.1) is 0 Å². The van der Waals surface area contributed by atoms with Gasteiger partial charge in [-0.3, -0.25) is 4.90 Å². The molecule has 2 rings (SSSR count). The highest BCUT2D eigenvalue weighted by atomic mass is 16.5. The summed E-state index contributed by atoms with van der Waals surface area (Å²) in [6.07, 6.45) is 2.68. The molecule has 0 aromatic carbocycles. The summed E-state index contributed by atoms with van der Waals surface area (Å²) in [6, 6.07) is 1.93. The van der Waals surface area contributed by atoms with Crippen molar-refractivity contribution in [2.45, 2.75) is 32.0 Å². The van der Waals surface area contributed by atoms with Crippen molar-refractivity contribution < 1.29 is 9.26 Å². The average Bonchev–Trinajstić information content (AvgIpc) is 2.77. The zero-order valence-corrected chi connectivity index (χ0v) is 9.69. The predicted octanol–water partition coefficient (Wildman–Crippen LogP) is 0.744. The van der Waals surface area contributed by atoms with E-state index in [0.717, 1.165) is 37.5 Å². The van der Waals surface area contributed by atoms with Crippen molar-refractivity contribution in [3.8, 4) is 0 Å². The first-order chi connectivity index (χ1) is 7.81. The van der Waals surface area contributed by atoms with E-state index >= 15 is 0 Å². The Balaban J connectivity index is 1.88. The van der Waals surface area contributed by atoms with Crippen LogP contribution in [0.25, 0.3) is 0 Å². The first-order valence-electron chi connectivity index (χ1n) is 5.71. The molecular weight excluding hydrogens is 206 g/mol. The first-order valence-corrected chi connectivity index (χ1v) is 5.71. The lowest BCUT2D eigenvalue weighted by Gasteiger charge is -2.30. The van der Waals surface area contributed by atoms with E-state index in [9.17, 15) is 0 Å². The number of hydrogen-bond acceptors (Lipinski definition) is 5. The summed E-state index contributed by atoms with van der Waals surface area (Å²) in [6.45, 7) is 3.30. The molecule has 1 aliphatic heterocycles. The van der Waals surface area contributed by atoms with Crippen molar-refractivity contribution in [3.63, 3.8) is 0 Å². The third kappa shape index (κ3) is 2.81. The Labute approximate surface area is 95.5 Å². The Morgan fingerprint density at radius 1 is 1.69 bits per heavy atom. The molecule has 0 aliphatic carbocycles. The molecule has 0 amide bonds. The Morgan fingerprint density at radius 3 is 3.25 bits per heavy atom. The zero-order chi connectivity index (χ0) is 11.4. The van der Waals surface area contributed by atoms with Gasteiger partial charge in [0, 0.05) is 26.3 Å². The Bertz CT molecular complexity index is 327. The molecule has 16 heavy (non-hydrogen) atoms. The molecule has 1 aromatic rings. The predicted molar refractivity (Wildman–Crippen MR) is 59.7 cm³/mol. The molecule has 1 aliphatic rings. The summed E-state index contributed by atoms with van der Waals surface area (Å²) in [5.74, 6) is 0.886. The minimum atomic E-state index is 0.352. The largest absolute Gasteiger partial charge is 0.380 e. The number of piperidine rings is 1. The molecule has 1 fully saturated rings. The molecule has 0 radical (unpaired) electrons. The van der Waals surface area contributed by atoms with Gasteiger partial charge in [-0.15, -0.1) is 0 Å². The third-order valence-electron chi connectivity index (χ3n) is 2.99. The summed E-state index contributed by atoms with van der Waals surface area (Å²) in [5, 5.41) is 3.88. The van der Waals surface area contributed by atoms with Crippen molar-refractivity contribution >= 4 is 0 Å². The van der Waals surface area contributed by atoms with Crippen LogP contribution in [0.1, 0.15) is 24.3 Å². The van der Waals surface area contributed by atoms with Gasteiger partial charge in [-0.1, -0.05) is 5.16 Å². The molecule has 1 atom stereocenters. The number of aromatic nitrogens is 1. The van der Waals surface area contributed by atoms with Crippen LogP contribution in [0.4, 0.5) is 0 Å². The van der Waals surface area contributed by atoms with Crippen molar-refractivity contribution in [3.05, 3.63) is 17.5 Å². The second-order valence-electron chi connectivity index (χ2n) is 4.22. The van der Waals surface area contributed by atoms with E-state index in [2.05, 4.69) is 10.1 Å². The van der Waals surface area contributed by atoms with Crippen LogP contribution in [0.15, 0.2) is 10.6 Å². The number of nitrogens with zero attached hydrogens (tertiary/aromatic N) is 2. The van der Waals surface area contributed by atoms with Crippen LogP contribution in [0.5, 0.6) is 0 Å². The average molecular weight is 225 g/mol. The van der Waals surface area contributed by atoms with E-state index in [-0.39, 0.29) is 0 Å². The zero-order valence-electron chi connectivity index (χ0n) is 9.69. The van der Waals surface area contributed by atoms with E-state index in [0.29, 0.717) is 12.6 Å². The smallest absolute Gasteiger partial charge is 0.151 e. The Kier molecular flexibility index (Phi) is 3.93. The molecule has 5 heteroatoms. The molecule has 2 N–H and O–H groups in total. The maximum absolute atomic E-state index is 5.48. The lowest BCUT2D eigenvalue weighted by molar-refractivity contribution is 0.0257. The summed E-state index contributed by atoms with van der Waals surface area (Å²) in [4.78, 5) is 2.33. The topological polar surface area (TPSA) is 64.5 Å². The molecule has 1 aromatic heterocycles. The SMILES string of the molecule is COC1CCCN(Cc2cc(CN)no2)C1. The summed E-state index contributed by atoms with van der Waals surface area (Å²) in [7, 11) is 1.77. The fourth-order valence-electron chi connectivity index (χ4n) is 2.10. The Hall–Kier alpha value is -0.910. The molecule has 0 spiro atoms. The van der Waals surface area contributed by atoms with Gasteiger partial charge in [0.15, 0.2) is 5.76 Å². The molecule has 1 unspecified atom stereocenters. The second kappa shape index (κ2) is 5.43. The minimum absolute atomic E-state index is 0.352. The van der Waals surface area contributed by atoms with Gasteiger partial charge >= 0.3 is 0 Å². The van der Waals surface area contributed by atoms with Crippen LogP contribution in [-0.4, -0.2) is 36.4 Å². The monoisotopic (exact) mass is 225 g/mol. The normalized spacial score (nSPS) is 22.5. The number of methoxy groups -OCH3 is 1. The quantitative estimate of drug-likeness (QED) is 0.819. The fourth-order valence-corrected chi connectivity index (χ4v) is 2.10. The summed E-state index contributed by atoms with van der Waals surface area (Å²) in [5.41, 5.74) is 6.30. The molecule has 1 saturated heterocycles. The van der Waals surface area contributed by atoms with E-state index < -0.39 is 0 Å². The standard InChI is InChI=1S/C11H19N3O2/c1-15-10-3-2-4-14(7-10)8-11-5-9(6-12)13-16-11/h5,10H,2-4,6-8,12H2,1H3. The van der Waals surface area contributed by atoms with E-state index in [1.165, 1.54) is 6.42 Å². The maximum atomic E-state index is 5.48. The maximum Gasteiger partial charge on any atom is 0.151 e.